The summed E-state index contributed by atoms with van der Waals surface area (Å²) in [5.41, 5.74) is 16.3. The van der Waals surface area contributed by atoms with E-state index >= 15 is 0 Å². The molecular formula is C63H44N2O2. The predicted octanol–water partition coefficient (Wildman–Crippen LogP) is 15.7. The lowest BCUT2D eigenvalue weighted by Gasteiger charge is -2.33. The number of rotatable bonds is 10. The molecule has 0 N–H and O–H groups in total. The van der Waals surface area contributed by atoms with E-state index in [0.717, 1.165) is 91.5 Å². The Hall–Kier alpha value is -8.60. The molecule has 0 aliphatic heterocycles. The predicted molar refractivity (Wildman–Crippen MR) is 273 cm³/mol. The van der Waals surface area contributed by atoms with Crippen molar-refractivity contribution < 1.29 is 9.59 Å². The van der Waals surface area contributed by atoms with Gasteiger partial charge in [-0.15, -0.1) is 0 Å². The molecule has 0 fully saturated rings. The highest BCUT2D eigenvalue weighted by Gasteiger charge is 2.53. The Morgan fingerprint density at radius 2 is 0.716 bits per heavy atom. The molecule has 0 bridgehead atoms. The zero-order valence-corrected chi connectivity index (χ0v) is 36.7. The van der Waals surface area contributed by atoms with E-state index in [9.17, 15) is 9.59 Å². The highest BCUT2D eigenvalue weighted by atomic mass is 16.1. The van der Waals surface area contributed by atoms with Crippen LogP contribution in [-0.2, 0) is 5.41 Å². The number of anilines is 6. The average Bonchev–Trinajstić information content (AvgIpc) is 3.86. The normalized spacial score (nSPS) is 15.0. The minimum atomic E-state index is -0.945. The summed E-state index contributed by atoms with van der Waals surface area (Å²) < 4.78 is 0. The smallest absolute Gasteiger partial charge is 0.193 e. The van der Waals surface area contributed by atoms with E-state index in [1.165, 1.54) is 0 Å². The van der Waals surface area contributed by atoms with Crippen molar-refractivity contribution in [3.05, 3.63) is 287 Å². The van der Waals surface area contributed by atoms with Crippen LogP contribution < -0.4 is 9.80 Å². The van der Waals surface area contributed by atoms with Crippen molar-refractivity contribution in [2.75, 3.05) is 9.80 Å². The first kappa shape index (κ1) is 40.0. The van der Waals surface area contributed by atoms with E-state index < -0.39 is 5.41 Å². The zero-order valence-electron chi connectivity index (χ0n) is 36.7. The van der Waals surface area contributed by atoms with E-state index in [2.05, 4.69) is 180 Å². The highest BCUT2D eigenvalue weighted by Crippen LogP contribution is 2.64. The van der Waals surface area contributed by atoms with Crippen LogP contribution in [0.25, 0.3) is 22.3 Å². The summed E-state index contributed by atoms with van der Waals surface area (Å²) in [6.45, 7) is 0. The van der Waals surface area contributed by atoms with Gasteiger partial charge in [0.05, 0.1) is 5.41 Å². The molecule has 9 aromatic rings. The number of benzene rings is 9. The quantitative estimate of drug-likeness (QED) is 0.128. The molecule has 0 aromatic heterocycles. The van der Waals surface area contributed by atoms with Gasteiger partial charge in [0.1, 0.15) is 0 Å². The summed E-state index contributed by atoms with van der Waals surface area (Å²) in [4.78, 5) is 33.8. The Kier molecular flexibility index (Phi) is 9.80. The fourth-order valence-electron chi connectivity index (χ4n) is 10.7. The van der Waals surface area contributed by atoms with Gasteiger partial charge < -0.3 is 9.80 Å². The van der Waals surface area contributed by atoms with Crippen LogP contribution in [0.4, 0.5) is 34.1 Å². The lowest BCUT2D eigenvalue weighted by molar-refractivity contribution is 0.103. The van der Waals surface area contributed by atoms with E-state index in [1.54, 1.807) is 0 Å². The minimum Gasteiger partial charge on any atom is -0.310 e. The van der Waals surface area contributed by atoms with Crippen molar-refractivity contribution >= 4 is 45.7 Å². The van der Waals surface area contributed by atoms with Crippen molar-refractivity contribution in [2.45, 2.75) is 18.3 Å². The number of nitrogens with zero attached hydrogens (tertiary/aromatic N) is 2. The van der Waals surface area contributed by atoms with E-state index in [4.69, 9.17) is 0 Å². The first-order valence-corrected chi connectivity index (χ1v) is 23.0. The average molecular weight is 861 g/mol. The molecule has 3 aliphatic rings. The lowest BCUT2D eigenvalue weighted by Crippen LogP contribution is -2.27. The second kappa shape index (κ2) is 16.4. The van der Waals surface area contributed by atoms with Crippen molar-refractivity contribution in [3.63, 3.8) is 0 Å². The van der Waals surface area contributed by atoms with Crippen molar-refractivity contribution in [2.24, 2.45) is 0 Å². The van der Waals surface area contributed by atoms with E-state index in [-0.39, 0.29) is 11.6 Å². The summed E-state index contributed by atoms with van der Waals surface area (Å²) >= 11 is 0. The molecule has 1 unspecified atom stereocenters. The van der Waals surface area contributed by atoms with Crippen LogP contribution in [-0.4, -0.2) is 11.6 Å². The Balaban J connectivity index is 1.17. The van der Waals surface area contributed by atoms with Gasteiger partial charge in [0.25, 0.3) is 0 Å². The third-order valence-electron chi connectivity index (χ3n) is 13.6. The number of Topliss-reactive ketones (excluding diaryl/α,β-unsaturated/α-hetero) is 1. The van der Waals surface area contributed by atoms with Crippen molar-refractivity contribution in [3.8, 4) is 22.3 Å². The number of hydrogen-bond donors (Lipinski definition) is 0. The molecule has 3 aliphatic carbocycles. The van der Waals surface area contributed by atoms with Crippen LogP contribution in [0.15, 0.2) is 248 Å². The molecule has 0 saturated carbocycles. The molecule has 12 rings (SSSR count). The molecule has 1 spiro atoms. The van der Waals surface area contributed by atoms with Gasteiger partial charge in [0.2, 0.25) is 0 Å². The van der Waals surface area contributed by atoms with E-state index in [1.807, 2.05) is 72.8 Å². The number of allylic oxidation sites excluding steroid dienone is 4. The van der Waals surface area contributed by atoms with Gasteiger partial charge >= 0.3 is 0 Å². The maximum atomic E-state index is 14.6. The monoisotopic (exact) mass is 860 g/mol. The molecule has 67 heavy (non-hydrogen) atoms. The van der Waals surface area contributed by atoms with E-state index in [0.29, 0.717) is 22.3 Å². The number of fused-ring (bicyclic) bond motifs is 10. The number of carbonyl (C=O) groups excluding carboxylic acids is 2. The highest BCUT2D eigenvalue weighted by molar-refractivity contribution is 6.12. The standard InChI is InChI=1S/C63H44N2O2/c66-61(43-19-7-1-8-20-43)45-31-35-53-55-37-33-51(64(47-23-11-3-12-24-47)48-25-13-4-14-26-48)41-59(55)63(57(53)39-45)58-40-46(62(67)44-21-9-2-10-22-44)32-36-54(58)56-38-34-52(42-60(56)63)65(49-27-15-5-16-28-49)50-29-17-6-18-30-50/h1,3-9,11-42H,2,10H2. The fraction of sp³-hybridized carbons (Fsp3) is 0.0476. The van der Waals surface area contributed by atoms with Crippen LogP contribution in [0.1, 0.15) is 61.4 Å². The summed E-state index contributed by atoms with van der Waals surface area (Å²) in [5, 5.41) is 0. The Morgan fingerprint density at radius 1 is 0.343 bits per heavy atom. The van der Waals surface area contributed by atoms with Gasteiger partial charge in [-0.05, 0) is 142 Å². The largest absolute Gasteiger partial charge is 0.310 e. The third-order valence-corrected chi connectivity index (χ3v) is 13.6. The van der Waals surface area contributed by atoms with Gasteiger partial charge in [-0.3, -0.25) is 9.59 Å². The van der Waals surface area contributed by atoms with Crippen LogP contribution in [0.3, 0.4) is 0 Å². The number of para-hydroxylation sites is 4. The summed E-state index contributed by atoms with van der Waals surface area (Å²) in [6.07, 6.45) is 7.87. The molecule has 1 atom stereocenters. The Bertz CT molecular complexity index is 3260. The first-order valence-electron chi connectivity index (χ1n) is 23.0. The molecule has 9 aromatic carbocycles. The molecule has 318 valence electrons. The second-order valence-corrected chi connectivity index (χ2v) is 17.4. The Labute approximate surface area is 391 Å². The molecule has 0 heterocycles. The molecule has 0 radical (unpaired) electrons. The van der Waals surface area contributed by atoms with Gasteiger partial charge in [-0.1, -0.05) is 158 Å². The lowest BCUT2D eigenvalue weighted by atomic mass is 9.69. The number of hydrogen-bond acceptors (Lipinski definition) is 4. The topological polar surface area (TPSA) is 40.6 Å². The third kappa shape index (κ3) is 6.60. The molecule has 4 heteroatoms. The van der Waals surface area contributed by atoms with Gasteiger partial charge in [0.15, 0.2) is 11.6 Å². The van der Waals surface area contributed by atoms with Crippen LogP contribution >= 0.6 is 0 Å². The van der Waals surface area contributed by atoms with Gasteiger partial charge in [0, 0.05) is 56.4 Å². The Morgan fingerprint density at radius 3 is 1.12 bits per heavy atom. The molecule has 0 saturated heterocycles. The van der Waals surface area contributed by atoms with Crippen molar-refractivity contribution in [1.29, 1.82) is 0 Å². The maximum absolute atomic E-state index is 14.6. The van der Waals surface area contributed by atoms with Gasteiger partial charge in [-0.2, -0.15) is 0 Å². The van der Waals surface area contributed by atoms with Crippen LogP contribution in [0, 0.1) is 0 Å². The van der Waals surface area contributed by atoms with Crippen molar-refractivity contribution in [1.82, 2.24) is 0 Å². The van der Waals surface area contributed by atoms with Crippen LogP contribution in [0.2, 0.25) is 0 Å². The first-order chi connectivity index (χ1) is 33.1. The SMILES string of the molecule is O=C(C1=CCCC=C1)c1ccc2c(c1)C1(c3cc(C(=O)c4ccccc4)ccc3-c3ccc(N(c4ccccc4)c4ccccc4)cc31)c1cc(N(c3ccccc3)c3ccccc3)ccc1-2. The zero-order chi connectivity index (χ0) is 44.9. The second-order valence-electron chi connectivity index (χ2n) is 17.4. The summed E-state index contributed by atoms with van der Waals surface area (Å²) in [6, 6.07) is 77.7. The molecule has 4 nitrogen and oxygen atoms in total. The van der Waals surface area contributed by atoms with Gasteiger partial charge in [-0.25, -0.2) is 0 Å². The maximum Gasteiger partial charge on any atom is 0.193 e. The summed E-state index contributed by atoms with van der Waals surface area (Å²) in [7, 11) is 0. The number of carbonyl (C=O) groups is 2. The number of ketones is 2. The summed E-state index contributed by atoms with van der Waals surface area (Å²) in [5.74, 6) is -0.0367. The minimum absolute atomic E-state index is 0.00408. The molecule has 0 amide bonds. The van der Waals surface area contributed by atoms with Crippen LogP contribution in [0.5, 0.6) is 0 Å². The fourth-order valence-corrected chi connectivity index (χ4v) is 10.7. The molecular weight excluding hydrogens is 817 g/mol.